The van der Waals surface area contributed by atoms with E-state index in [2.05, 4.69) is 5.32 Å². The van der Waals surface area contributed by atoms with Crippen molar-refractivity contribution in [3.8, 4) is 11.1 Å². The lowest BCUT2D eigenvalue weighted by Gasteiger charge is -2.23. The number of benzene rings is 2. The van der Waals surface area contributed by atoms with Crippen LogP contribution in [0, 0.1) is 0 Å². The summed E-state index contributed by atoms with van der Waals surface area (Å²) in [6.07, 6.45) is -0.357. The summed E-state index contributed by atoms with van der Waals surface area (Å²) in [5, 5.41) is 11.8. The van der Waals surface area contributed by atoms with Crippen molar-refractivity contribution in [1.82, 2.24) is 5.32 Å². The van der Waals surface area contributed by atoms with Crippen LogP contribution in [0.3, 0.4) is 0 Å². The molecule has 0 saturated carbocycles. The van der Waals surface area contributed by atoms with E-state index in [0.29, 0.717) is 6.42 Å². The monoisotopic (exact) mass is 355 g/mol. The molecule has 0 heterocycles. The molecule has 0 saturated heterocycles. The number of aliphatic carboxylic acids is 1. The number of carboxylic acid groups (broad SMARTS) is 1. The molecule has 0 fully saturated rings. The Morgan fingerprint density at radius 1 is 1.00 bits per heavy atom. The summed E-state index contributed by atoms with van der Waals surface area (Å²) in [5.41, 5.74) is 2.53. The Bertz CT molecular complexity index is 733. The molecule has 0 radical (unpaired) electrons. The topological polar surface area (TPSA) is 75.6 Å². The van der Waals surface area contributed by atoms with E-state index in [1.165, 1.54) is 0 Å². The quantitative estimate of drug-likeness (QED) is 0.812. The first-order valence-electron chi connectivity index (χ1n) is 8.58. The minimum Gasteiger partial charge on any atom is -0.481 e. The molecular formula is C21H25NO4. The number of amides is 1. The molecule has 1 atom stereocenters. The molecule has 2 rings (SSSR count). The Morgan fingerprint density at radius 2 is 1.58 bits per heavy atom. The largest absolute Gasteiger partial charge is 0.481 e. The average molecular weight is 355 g/mol. The lowest BCUT2D eigenvalue weighted by molar-refractivity contribution is -0.137. The van der Waals surface area contributed by atoms with Gasteiger partial charge >= 0.3 is 12.1 Å². The summed E-state index contributed by atoms with van der Waals surface area (Å²) in [7, 11) is 0. The van der Waals surface area contributed by atoms with Crippen LogP contribution in [0.4, 0.5) is 4.79 Å². The number of alkyl carbamates (subject to hydrolysis) is 1. The highest BCUT2D eigenvalue weighted by molar-refractivity contribution is 5.71. The Kier molecular flexibility index (Phi) is 6.39. The van der Waals surface area contributed by atoms with Gasteiger partial charge in [0.15, 0.2) is 0 Å². The normalized spacial score (nSPS) is 12.3. The van der Waals surface area contributed by atoms with E-state index in [0.717, 1.165) is 16.7 Å². The van der Waals surface area contributed by atoms with Gasteiger partial charge in [-0.3, -0.25) is 4.79 Å². The predicted octanol–water partition coefficient (Wildman–Crippen LogP) is 4.26. The van der Waals surface area contributed by atoms with Gasteiger partial charge in [0.2, 0.25) is 0 Å². The molecule has 1 unspecified atom stereocenters. The van der Waals surface area contributed by atoms with Crippen molar-refractivity contribution in [2.24, 2.45) is 0 Å². The second-order valence-electron chi connectivity index (χ2n) is 7.21. The molecule has 5 heteroatoms. The zero-order valence-corrected chi connectivity index (χ0v) is 15.4. The maximum atomic E-state index is 12.0. The first kappa shape index (κ1) is 19.5. The lowest BCUT2D eigenvalue weighted by atomic mass is 9.99. The number of carboxylic acids is 1. The number of hydrogen-bond acceptors (Lipinski definition) is 3. The van der Waals surface area contributed by atoms with Crippen molar-refractivity contribution < 1.29 is 19.4 Å². The summed E-state index contributed by atoms with van der Waals surface area (Å²) in [6.45, 7) is 5.29. The van der Waals surface area contributed by atoms with Gasteiger partial charge in [-0.05, 0) is 43.9 Å². The molecule has 0 aliphatic rings. The molecule has 138 valence electrons. The van der Waals surface area contributed by atoms with Crippen molar-refractivity contribution in [1.29, 1.82) is 0 Å². The van der Waals surface area contributed by atoms with Gasteiger partial charge in [0.25, 0.3) is 0 Å². The minimum absolute atomic E-state index is 0.167. The number of carbonyl (C=O) groups is 2. The molecule has 0 aromatic heterocycles. The van der Waals surface area contributed by atoms with Crippen molar-refractivity contribution in [2.75, 3.05) is 0 Å². The molecule has 1 amide bonds. The first-order chi connectivity index (χ1) is 12.2. The van der Waals surface area contributed by atoms with E-state index in [1.807, 2.05) is 54.6 Å². The summed E-state index contributed by atoms with van der Waals surface area (Å²) in [4.78, 5) is 23.1. The molecule has 2 aromatic rings. The highest BCUT2D eigenvalue weighted by Gasteiger charge is 2.21. The lowest BCUT2D eigenvalue weighted by Crippen LogP contribution is -2.41. The van der Waals surface area contributed by atoms with Gasteiger partial charge in [0.1, 0.15) is 5.60 Å². The number of carbonyl (C=O) groups excluding carboxylic acids is 1. The summed E-state index contributed by atoms with van der Waals surface area (Å²) in [5.74, 6) is -0.966. The predicted molar refractivity (Wildman–Crippen MR) is 101 cm³/mol. The van der Waals surface area contributed by atoms with Crippen LogP contribution in [0.2, 0.25) is 0 Å². The highest BCUT2D eigenvalue weighted by Crippen LogP contribution is 2.20. The van der Waals surface area contributed by atoms with E-state index < -0.39 is 23.7 Å². The Morgan fingerprint density at radius 3 is 2.12 bits per heavy atom. The fourth-order valence-electron chi connectivity index (χ4n) is 2.61. The fourth-order valence-corrected chi connectivity index (χ4v) is 2.61. The van der Waals surface area contributed by atoms with Crippen LogP contribution in [0.25, 0.3) is 11.1 Å². The van der Waals surface area contributed by atoms with Crippen molar-refractivity contribution in [2.45, 2.75) is 45.3 Å². The minimum atomic E-state index is -0.966. The highest BCUT2D eigenvalue weighted by atomic mass is 16.6. The van der Waals surface area contributed by atoms with Crippen molar-refractivity contribution >= 4 is 12.1 Å². The molecule has 0 aliphatic heterocycles. The van der Waals surface area contributed by atoms with Gasteiger partial charge in [-0.25, -0.2) is 4.79 Å². The molecule has 2 N–H and O–H groups in total. The van der Waals surface area contributed by atoms with Gasteiger partial charge in [-0.1, -0.05) is 54.6 Å². The SMILES string of the molecule is CC(C)(C)OC(=O)NC(CC(=O)O)Cc1ccc(-c2ccccc2)cc1. The van der Waals surface area contributed by atoms with E-state index in [1.54, 1.807) is 20.8 Å². The number of rotatable bonds is 6. The maximum absolute atomic E-state index is 12.0. The van der Waals surface area contributed by atoms with Gasteiger partial charge in [-0.2, -0.15) is 0 Å². The van der Waals surface area contributed by atoms with Gasteiger partial charge < -0.3 is 15.2 Å². The van der Waals surface area contributed by atoms with Crippen LogP contribution in [0.15, 0.2) is 54.6 Å². The molecule has 5 nitrogen and oxygen atoms in total. The van der Waals surface area contributed by atoms with Gasteiger partial charge in [0.05, 0.1) is 6.42 Å². The number of nitrogens with one attached hydrogen (secondary N) is 1. The summed E-state index contributed by atoms with van der Waals surface area (Å²) < 4.78 is 5.22. The van der Waals surface area contributed by atoms with E-state index in [-0.39, 0.29) is 6.42 Å². The first-order valence-corrected chi connectivity index (χ1v) is 8.58. The number of ether oxygens (including phenoxy) is 1. The third-order valence-corrected chi connectivity index (χ3v) is 3.69. The Labute approximate surface area is 154 Å². The fraction of sp³-hybridized carbons (Fsp3) is 0.333. The Hall–Kier alpha value is -2.82. The smallest absolute Gasteiger partial charge is 0.407 e. The zero-order chi connectivity index (χ0) is 19.2. The van der Waals surface area contributed by atoms with E-state index in [4.69, 9.17) is 9.84 Å². The van der Waals surface area contributed by atoms with E-state index >= 15 is 0 Å². The second kappa shape index (κ2) is 8.52. The number of hydrogen-bond donors (Lipinski definition) is 2. The standard InChI is InChI=1S/C21H25NO4/c1-21(2,3)26-20(25)22-18(14-19(23)24)13-15-9-11-17(12-10-15)16-7-5-4-6-8-16/h4-12,18H,13-14H2,1-3H3,(H,22,25)(H,23,24). The third kappa shape index (κ3) is 6.59. The van der Waals surface area contributed by atoms with Gasteiger partial charge in [-0.15, -0.1) is 0 Å². The average Bonchev–Trinajstić information content (AvgIpc) is 2.54. The molecule has 2 aromatic carbocycles. The van der Waals surface area contributed by atoms with Crippen LogP contribution in [0.1, 0.15) is 32.8 Å². The molecule has 0 spiro atoms. The van der Waals surface area contributed by atoms with Crippen LogP contribution >= 0.6 is 0 Å². The van der Waals surface area contributed by atoms with Crippen LogP contribution in [-0.2, 0) is 16.0 Å². The molecule has 0 aliphatic carbocycles. The molecular weight excluding hydrogens is 330 g/mol. The van der Waals surface area contributed by atoms with Crippen LogP contribution in [-0.4, -0.2) is 28.8 Å². The van der Waals surface area contributed by atoms with Crippen molar-refractivity contribution in [3.63, 3.8) is 0 Å². The molecule has 26 heavy (non-hydrogen) atoms. The van der Waals surface area contributed by atoms with Crippen LogP contribution in [0.5, 0.6) is 0 Å². The summed E-state index contributed by atoms with van der Waals surface area (Å²) in [6, 6.07) is 17.4. The molecule has 0 bridgehead atoms. The Balaban J connectivity index is 2.05. The van der Waals surface area contributed by atoms with Crippen LogP contribution < -0.4 is 5.32 Å². The van der Waals surface area contributed by atoms with E-state index in [9.17, 15) is 9.59 Å². The summed E-state index contributed by atoms with van der Waals surface area (Å²) >= 11 is 0. The van der Waals surface area contributed by atoms with Gasteiger partial charge in [0, 0.05) is 6.04 Å². The zero-order valence-electron chi connectivity index (χ0n) is 15.4. The maximum Gasteiger partial charge on any atom is 0.407 e. The third-order valence-electron chi connectivity index (χ3n) is 3.69. The van der Waals surface area contributed by atoms with Crippen molar-refractivity contribution in [3.05, 3.63) is 60.2 Å². The second-order valence-corrected chi connectivity index (χ2v) is 7.21.